The van der Waals surface area contributed by atoms with Crippen LogP contribution in [0, 0.1) is 6.92 Å². The second kappa shape index (κ2) is 3.84. The zero-order chi connectivity index (χ0) is 9.97. The number of hydrogen-bond donors (Lipinski definition) is 2. The highest BCUT2D eigenvalue weighted by molar-refractivity contribution is 5.83. The first-order valence-corrected chi connectivity index (χ1v) is 5.03. The molecular formula is C12H16N2. The lowest BCUT2D eigenvalue weighted by atomic mass is 10.1. The maximum absolute atomic E-state index is 3.35. The number of aryl methyl sites for hydroxylation is 1. The predicted molar refractivity (Wildman–Crippen MR) is 60.7 cm³/mol. The standard InChI is InChI=1S/C12H16N2/c1-9-8-11-10(6-7-13-2)4-3-5-12(11)14-9/h3-5,8,13-14H,6-7H2,1-2H3. The fourth-order valence-electron chi connectivity index (χ4n) is 1.84. The Balaban J connectivity index is 2.42. The average molecular weight is 188 g/mol. The van der Waals surface area contributed by atoms with Gasteiger partial charge >= 0.3 is 0 Å². The van der Waals surface area contributed by atoms with E-state index >= 15 is 0 Å². The zero-order valence-electron chi connectivity index (χ0n) is 8.72. The Labute approximate surface area is 84.3 Å². The van der Waals surface area contributed by atoms with Gasteiger partial charge in [-0.05, 0) is 44.6 Å². The zero-order valence-corrected chi connectivity index (χ0v) is 8.72. The van der Waals surface area contributed by atoms with Crippen LogP contribution in [0.5, 0.6) is 0 Å². The first-order valence-electron chi connectivity index (χ1n) is 5.03. The maximum Gasteiger partial charge on any atom is 0.0458 e. The summed E-state index contributed by atoms with van der Waals surface area (Å²) in [6.07, 6.45) is 1.09. The van der Waals surface area contributed by atoms with Gasteiger partial charge in [0.05, 0.1) is 0 Å². The number of fused-ring (bicyclic) bond motifs is 1. The van der Waals surface area contributed by atoms with Gasteiger partial charge in [0, 0.05) is 16.6 Å². The van der Waals surface area contributed by atoms with Crippen LogP contribution in [0.2, 0.25) is 0 Å². The molecule has 1 aromatic heterocycles. The van der Waals surface area contributed by atoms with E-state index in [2.05, 4.69) is 41.5 Å². The molecular weight excluding hydrogens is 172 g/mol. The van der Waals surface area contributed by atoms with E-state index in [0.717, 1.165) is 13.0 Å². The van der Waals surface area contributed by atoms with Crippen LogP contribution >= 0.6 is 0 Å². The van der Waals surface area contributed by atoms with Crippen molar-refractivity contribution in [1.82, 2.24) is 10.3 Å². The molecule has 2 rings (SSSR count). The van der Waals surface area contributed by atoms with Gasteiger partial charge in [-0.3, -0.25) is 0 Å². The van der Waals surface area contributed by atoms with Gasteiger partial charge in [0.2, 0.25) is 0 Å². The van der Waals surface area contributed by atoms with Gasteiger partial charge in [-0.15, -0.1) is 0 Å². The Hall–Kier alpha value is -1.28. The predicted octanol–water partition coefficient (Wildman–Crippen LogP) is 2.24. The molecule has 74 valence electrons. The quantitative estimate of drug-likeness (QED) is 0.759. The molecule has 0 spiro atoms. The molecule has 0 bridgehead atoms. The number of benzene rings is 1. The molecule has 0 fully saturated rings. The van der Waals surface area contributed by atoms with Crippen LogP contribution in [-0.4, -0.2) is 18.6 Å². The average Bonchev–Trinajstić information content (AvgIpc) is 2.55. The third-order valence-electron chi connectivity index (χ3n) is 2.53. The molecule has 14 heavy (non-hydrogen) atoms. The molecule has 2 aromatic rings. The molecule has 2 heteroatoms. The van der Waals surface area contributed by atoms with Crippen LogP contribution < -0.4 is 5.32 Å². The molecule has 2 nitrogen and oxygen atoms in total. The van der Waals surface area contributed by atoms with Gasteiger partial charge in [-0.1, -0.05) is 12.1 Å². The second-order valence-corrected chi connectivity index (χ2v) is 3.68. The highest BCUT2D eigenvalue weighted by atomic mass is 14.8. The number of nitrogens with one attached hydrogen (secondary N) is 2. The van der Waals surface area contributed by atoms with Gasteiger partial charge in [-0.25, -0.2) is 0 Å². The van der Waals surface area contributed by atoms with Crippen LogP contribution in [0.1, 0.15) is 11.3 Å². The molecule has 0 aliphatic carbocycles. The van der Waals surface area contributed by atoms with Crippen molar-refractivity contribution in [3.05, 3.63) is 35.5 Å². The molecule has 0 saturated carbocycles. The molecule has 0 saturated heterocycles. The van der Waals surface area contributed by atoms with Gasteiger partial charge in [0.15, 0.2) is 0 Å². The van der Waals surface area contributed by atoms with E-state index in [-0.39, 0.29) is 0 Å². The molecule has 0 amide bonds. The van der Waals surface area contributed by atoms with E-state index in [9.17, 15) is 0 Å². The smallest absolute Gasteiger partial charge is 0.0458 e. The van der Waals surface area contributed by atoms with Crippen molar-refractivity contribution in [2.45, 2.75) is 13.3 Å². The Morgan fingerprint density at radius 1 is 1.36 bits per heavy atom. The Kier molecular flexibility index (Phi) is 2.55. The van der Waals surface area contributed by atoms with E-state index in [4.69, 9.17) is 0 Å². The van der Waals surface area contributed by atoms with Crippen molar-refractivity contribution < 1.29 is 0 Å². The van der Waals surface area contributed by atoms with Crippen LogP contribution in [-0.2, 0) is 6.42 Å². The highest BCUT2D eigenvalue weighted by Gasteiger charge is 2.02. The molecule has 0 aliphatic heterocycles. The number of aromatic nitrogens is 1. The lowest BCUT2D eigenvalue weighted by Gasteiger charge is -2.01. The minimum absolute atomic E-state index is 1.03. The van der Waals surface area contributed by atoms with Crippen LogP contribution in [0.25, 0.3) is 10.9 Å². The Bertz CT molecular complexity index is 429. The molecule has 2 N–H and O–H groups in total. The van der Waals surface area contributed by atoms with E-state index < -0.39 is 0 Å². The third kappa shape index (κ3) is 1.66. The first-order chi connectivity index (χ1) is 6.81. The summed E-state index contributed by atoms with van der Waals surface area (Å²) in [5, 5.41) is 4.54. The molecule has 0 aliphatic rings. The number of aromatic amines is 1. The second-order valence-electron chi connectivity index (χ2n) is 3.68. The fourth-order valence-corrected chi connectivity index (χ4v) is 1.84. The third-order valence-corrected chi connectivity index (χ3v) is 2.53. The molecule has 0 radical (unpaired) electrons. The normalized spacial score (nSPS) is 11.0. The summed E-state index contributed by atoms with van der Waals surface area (Å²) < 4.78 is 0. The van der Waals surface area contributed by atoms with E-state index in [1.165, 1.54) is 22.2 Å². The summed E-state index contributed by atoms with van der Waals surface area (Å²) in [6, 6.07) is 8.67. The first kappa shape index (κ1) is 9.28. The number of likely N-dealkylation sites (N-methyl/N-ethyl adjacent to an activating group) is 1. The van der Waals surface area contributed by atoms with E-state index in [1.54, 1.807) is 0 Å². The van der Waals surface area contributed by atoms with Crippen molar-refractivity contribution >= 4 is 10.9 Å². The molecule has 1 aromatic carbocycles. The summed E-state index contributed by atoms with van der Waals surface area (Å²) in [6.45, 7) is 3.13. The van der Waals surface area contributed by atoms with E-state index in [1.807, 2.05) is 7.05 Å². The van der Waals surface area contributed by atoms with Gasteiger partial charge in [0.1, 0.15) is 0 Å². The summed E-state index contributed by atoms with van der Waals surface area (Å²) in [5.41, 5.74) is 3.90. The number of H-pyrrole nitrogens is 1. The summed E-state index contributed by atoms with van der Waals surface area (Å²) >= 11 is 0. The number of rotatable bonds is 3. The lowest BCUT2D eigenvalue weighted by Crippen LogP contribution is -2.10. The van der Waals surface area contributed by atoms with Crippen molar-refractivity contribution in [2.75, 3.05) is 13.6 Å². The topological polar surface area (TPSA) is 27.8 Å². The van der Waals surface area contributed by atoms with Crippen LogP contribution in [0.15, 0.2) is 24.3 Å². The van der Waals surface area contributed by atoms with Gasteiger partial charge < -0.3 is 10.3 Å². The van der Waals surface area contributed by atoms with Crippen molar-refractivity contribution in [1.29, 1.82) is 0 Å². The molecule has 1 heterocycles. The van der Waals surface area contributed by atoms with Crippen molar-refractivity contribution in [3.63, 3.8) is 0 Å². The Morgan fingerprint density at radius 3 is 3.00 bits per heavy atom. The minimum Gasteiger partial charge on any atom is -0.359 e. The van der Waals surface area contributed by atoms with E-state index in [0.29, 0.717) is 0 Å². The lowest BCUT2D eigenvalue weighted by molar-refractivity contribution is 0.795. The van der Waals surface area contributed by atoms with Crippen LogP contribution in [0.3, 0.4) is 0 Å². The SMILES string of the molecule is CNCCc1cccc2[nH]c(C)cc12. The number of hydrogen-bond acceptors (Lipinski definition) is 1. The Morgan fingerprint density at radius 2 is 2.21 bits per heavy atom. The molecule has 0 atom stereocenters. The highest BCUT2D eigenvalue weighted by Crippen LogP contribution is 2.19. The summed E-state index contributed by atoms with van der Waals surface area (Å²) in [5.74, 6) is 0. The van der Waals surface area contributed by atoms with Crippen molar-refractivity contribution in [3.8, 4) is 0 Å². The maximum atomic E-state index is 3.35. The summed E-state index contributed by atoms with van der Waals surface area (Å²) in [7, 11) is 1.99. The minimum atomic E-state index is 1.03. The van der Waals surface area contributed by atoms with Crippen LogP contribution in [0.4, 0.5) is 0 Å². The van der Waals surface area contributed by atoms with Gasteiger partial charge in [0.25, 0.3) is 0 Å². The molecule has 0 unspecified atom stereocenters. The largest absolute Gasteiger partial charge is 0.359 e. The summed E-state index contributed by atoms with van der Waals surface area (Å²) in [4.78, 5) is 3.35. The monoisotopic (exact) mass is 188 g/mol. The van der Waals surface area contributed by atoms with Gasteiger partial charge in [-0.2, -0.15) is 0 Å². The fraction of sp³-hybridized carbons (Fsp3) is 0.333. The van der Waals surface area contributed by atoms with Crippen molar-refractivity contribution in [2.24, 2.45) is 0 Å².